The van der Waals surface area contributed by atoms with E-state index in [1.54, 1.807) is 0 Å². The number of guanidine groups is 1. The highest BCUT2D eigenvalue weighted by Crippen LogP contribution is 2.19. The van der Waals surface area contributed by atoms with Crippen LogP contribution < -0.4 is 16.0 Å². The van der Waals surface area contributed by atoms with Gasteiger partial charge in [-0.2, -0.15) is 0 Å². The maximum Gasteiger partial charge on any atom is 0.242 e. The Kier molecular flexibility index (Phi) is 11.4. The Morgan fingerprint density at radius 1 is 1.36 bits per heavy atom. The van der Waals surface area contributed by atoms with E-state index in [4.69, 9.17) is 0 Å². The van der Waals surface area contributed by atoms with Crippen molar-refractivity contribution in [3.8, 4) is 0 Å². The van der Waals surface area contributed by atoms with Crippen molar-refractivity contribution in [2.24, 2.45) is 10.9 Å². The van der Waals surface area contributed by atoms with E-state index in [1.165, 1.54) is 24.3 Å². The van der Waals surface area contributed by atoms with E-state index in [1.807, 2.05) is 39.0 Å². The third kappa shape index (κ3) is 10.1. The molecule has 0 aromatic carbocycles. The summed E-state index contributed by atoms with van der Waals surface area (Å²) in [6.45, 7) is 13.1. The number of nitrogens with one attached hydrogen (secondary N) is 3. The highest BCUT2D eigenvalue weighted by atomic mass is 127. The normalized spacial score (nSPS) is 18.3. The molecule has 1 amide bonds. The predicted molar refractivity (Wildman–Crippen MR) is 130 cm³/mol. The van der Waals surface area contributed by atoms with Gasteiger partial charge in [-0.3, -0.25) is 9.69 Å². The molecule has 0 saturated carbocycles. The van der Waals surface area contributed by atoms with E-state index in [2.05, 4.69) is 43.4 Å². The lowest BCUT2D eigenvalue weighted by atomic mass is 9.98. The molecule has 1 atom stereocenters. The molecule has 0 radical (unpaired) electrons. The first kappa shape index (κ1) is 25.2. The van der Waals surface area contributed by atoms with Crippen LogP contribution in [0, 0.1) is 5.92 Å². The summed E-state index contributed by atoms with van der Waals surface area (Å²) in [5, 5.41) is 11.7. The maximum atomic E-state index is 12.0. The minimum atomic E-state index is -0.230. The molecular formula is C20H36IN5OS. The third-order valence-corrected chi connectivity index (χ3v) is 5.22. The molecule has 0 aliphatic carbocycles. The molecule has 3 N–H and O–H groups in total. The van der Waals surface area contributed by atoms with Crippen molar-refractivity contribution in [1.82, 2.24) is 20.9 Å². The van der Waals surface area contributed by atoms with E-state index in [0.717, 1.165) is 32.1 Å². The van der Waals surface area contributed by atoms with Gasteiger partial charge in [-0.15, -0.1) is 35.3 Å². The van der Waals surface area contributed by atoms with Crippen LogP contribution in [-0.2, 0) is 11.3 Å². The van der Waals surface area contributed by atoms with Gasteiger partial charge >= 0.3 is 0 Å². The summed E-state index contributed by atoms with van der Waals surface area (Å²) in [6.07, 6.45) is 2.47. The van der Waals surface area contributed by atoms with Crippen LogP contribution in [0.25, 0.3) is 0 Å². The zero-order valence-electron chi connectivity index (χ0n) is 17.6. The third-order valence-electron chi connectivity index (χ3n) is 4.36. The van der Waals surface area contributed by atoms with Gasteiger partial charge in [0.15, 0.2) is 5.96 Å². The molecule has 2 rings (SSSR count). The molecule has 2 heterocycles. The monoisotopic (exact) mass is 521 g/mol. The average molecular weight is 522 g/mol. The standard InChI is InChI=1S/C20H35N5OS.HI/c1-5-21-19(23-13-18(26)24-20(2,3)4)22-12-16-8-6-10-25(14-16)15-17-9-7-11-27-17;/h7,9,11,16H,5-6,8,10,12-15H2,1-4H3,(H,24,26)(H2,21,22,23);1H. The van der Waals surface area contributed by atoms with Crippen molar-refractivity contribution in [3.63, 3.8) is 0 Å². The fourth-order valence-corrected chi connectivity index (χ4v) is 4.02. The minimum absolute atomic E-state index is 0. The second kappa shape index (κ2) is 12.6. The lowest BCUT2D eigenvalue weighted by molar-refractivity contribution is -0.121. The molecule has 1 fully saturated rings. The fraction of sp³-hybridized carbons (Fsp3) is 0.700. The Balaban J connectivity index is 0.00000392. The molecular weight excluding hydrogens is 485 g/mol. The van der Waals surface area contributed by atoms with E-state index in [9.17, 15) is 4.79 Å². The number of thiophene rings is 1. The first-order valence-electron chi connectivity index (χ1n) is 9.93. The lowest BCUT2D eigenvalue weighted by Crippen LogP contribution is -2.45. The Morgan fingerprint density at radius 2 is 2.14 bits per heavy atom. The first-order valence-corrected chi connectivity index (χ1v) is 10.8. The first-order chi connectivity index (χ1) is 12.9. The van der Waals surface area contributed by atoms with Crippen LogP contribution in [0.3, 0.4) is 0 Å². The van der Waals surface area contributed by atoms with Crippen LogP contribution in [-0.4, -0.2) is 55.0 Å². The van der Waals surface area contributed by atoms with Crippen LogP contribution in [0.1, 0.15) is 45.4 Å². The molecule has 28 heavy (non-hydrogen) atoms. The predicted octanol–water partition coefficient (Wildman–Crippen LogP) is 3.05. The van der Waals surface area contributed by atoms with E-state index in [0.29, 0.717) is 5.92 Å². The number of likely N-dealkylation sites (tertiary alicyclic amines) is 1. The number of amides is 1. The molecule has 8 heteroatoms. The Hall–Kier alpha value is -0.870. The van der Waals surface area contributed by atoms with Crippen molar-refractivity contribution >= 4 is 47.2 Å². The van der Waals surface area contributed by atoms with E-state index < -0.39 is 0 Å². The highest BCUT2D eigenvalue weighted by molar-refractivity contribution is 14.0. The summed E-state index contributed by atoms with van der Waals surface area (Å²) in [5.74, 6) is 1.27. The van der Waals surface area contributed by atoms with Gasteiger partial charge in [-0.25, -0.2) is 4.99 Å². The fourth-order valence-electron chi connectivity index (χ4n) is 3.28. The lowest BCUT2D eigenvalue weighted by Gasteiger charge is -2.32. The van der Waals surface area contributed by atoms with E-state index >= 15 is 0 Å². The van der Waals surface area contributed by atoms with Gasteiger partial charge in [-0.05, 0) is 64.4 Å². The number of carbonyl (C=O) groups excluding carboxylic acids is 1. The average Bonchev–Trinajstić information content (AvgIpc) is 3.09. The van der Waals surface area contributed by atoms with Crippen LogP contribution in [0.5, 0.6) is 0 Å². The van der Waals surface area contributed by atoms with Gasteiger partial charge in [-0.1, -0.05) is 6.07 Å². The number of hydrogen-bond donors (Lipinski definition) is 3. The second-order valence-corrected chi connectivity index (χ2v) is 9.23. The smallest absolute Gasteiger partial charge is 0.242 e. The number of rotatable bonds is 7. The van der Waals surface area contributed by atoms with Crippen LogP contribution in [0.4, 0.5) is 0 Å². The van der Waals surface area contributed by atoms with Gasteiger partial charge in [0.25, 0.3) is 0 Å². The van der Waals surface area contributed by atoms with Crippen molar-refractivity contribution < 1.29 is 4.79 Å². The van der Waals surface area contributed by atoms with Crippen molar-refractivity contribution in [3.05, 3.63) is 22.4 Å². The summed E-state index contributed by atoms with van der Waals surface area (Å²) in [4.78, 5) is 20.4. The maximum absolute atomic E-state index is 12.0. The topological polar surface area (TPSA) is 68.8 Å². The van der Waals surface area contributed by atoms with Crippen molar-refractivity contribution in [2.75, 3.05) is 32.7 Å². The number of piperidine rings is 1. The zero-order valence-corrected chi connectivity index (χ0v) is 20.7. The summed E-state index contributed by atoms with van der Waals surface area (Å²) in [5.41, 5.74) is -0.230. The van der Waals surface area contributed by atoms with Gasteiger partial charge in [0.1, 0.15) is 6.54 Å². The quantitative estimate of drug-likeness (QED) is 0.293. The molecule has 0 spiro atoms. The Morgan fingerprint density at radius 3 is 2.79 bits per heavy atom. The number of hydrogen-bond acceptors (Lipinski definition) is 4. The molecule has 1 aliphatic rings. The van der Waals surface area contributed by atoms with Crippen molar-refractivity contribution in [1.29, 1.82) is 0 Å². The summed E-state index contributed by atoms with van der Waals surface area (Å²) >= 11 is 1.83. The molecule has 1 aromatic heterocycles. The molecule has 1 aliphatic heterocycles. The number of nitrogens with zero attached hydrogens (tertiary/aromatic N) is 2. The molecule has 1 unspecified atom stereocenters. The molecule has 1 saturated heterocycles. The van der Waals surface area contributed by atoms with Crippen LogP contribution in [0.15, 0.2) is 22.5 Å². The zero-order chi connectivity index (χ0) is 19.7. The number of carbonyl (C=O) groups is 1. The molecule has 160 valence electrons. The summed E-state index contributed by atoms with van der Waals surface area (Å²) < 4.78 is 0. The Bertz CT molecular complexity index is 600. The van der Waals surface area contributed by atoms with Crippen LogP contribution in [0.2, 0.25) is 0 Å². The molecule has 6 nitrogen and oxygen atoms in total. The minimum Gasteiger partial charge on any atom is -0.357 e. The second-order valence-electron chi connectivity index (χ2n) is 8.20. The molecule has 1 aromatic rings. The molecule has 0 bridgehead atoms. The SMILES string of the molecule is CCNC(=NCC(=O)NC(C)(C)C)NCC1CCCN(Cc2cccs2)C1.I. The van der Waals surface area contributed by atoms with Crippen molar-refractivity contribution in [2.45, 2.75) is 52.6 Å². The van der Waals surface area contributed by atoms with Gasteiger partial charge in [0, 0.05) is 36.6 Å². The summed E-state index contributed by atoms with van der Waals surface area (Å²) in [7, 11) is 0. The Labute approximate surface area is 191 Å². The highest BCUT2D eigenvalue weighted by Gasteiger charge is 2.20. The largest absolute Gasteiger partial charge is 0.357 e. The summed E-state index contributed by atoms with van der Waals surface area (Å²) in [6, 6.07) is 4.34. The van der Waals surface area contributed by atoms with Gasteiger partial charge in [0.2, 0.25) is 5.91 Å². The van der Waals surface area contributed by atoms with Gasteiger partial charge in [0.05, 0.1) is 0 Å². The van der Waals surface area contributed by atoms with Crippen LogP contribution >= 0.6 is 35.3 Å². The van der Waals surface area contributed by atoms with Gasteiger partial charge < -0.3 is 16.0 Å². The number of halogens is 1. The number of aliphatic imine (C=N–C) groups is 1. The van der Waals surface area contributed by atoms with E-state index in [-0.39, 0.29) is 42.0 Å².